The molecule has 1 aliphatic carbocycles. The molecule has 2 unspecified atom stereocenters. The van der Waals surface area contributed by atoms with Gasteiger partial charge in [-0.1, -0.05) is 30.3 Å². The summed E-state index contributed by atoms with van der Waals surface area (Å²) in [6.07, 6.45) is 1.29. The second-order valence-corrected chi connectivity index (χ2v) is 4.26. The van der Waals surface area contributed by atoms with Crippen LogP contribution in [0.25, 0.3) is 0 Å². The average Bonchev–Trinajstić information content (AvgIpc) is 2.92. The van der Waals surface area contributed by atoms with E-state index in [1.54, 1.807) is 0 Å². The summed E-state index contributed by atoms with van der Waals surface area (Å²) in [5.41, 5.74) is 1.48. The molecule has 2 fully saturated rings. The summed E-state index contributed by atoms with van der Waals surface area (Å²) in [6.45, 7) is 1.80. The first kappa shape index (κ1) is 8.45. The summed E-state index contributed by atoms with van der Waals surface area (Å²) < 4.78 is 5.14. The second-order valence-electron chi connectivity index (χ2n) is 4.26. The van der Waals surface area contributed by atoms with E-state index in [4.69, 9.17) is 4.74 Å². The molecule has 0 radical (unpaired) electrons. The zero-order valence-corrected chi connectivity index (χ0v) is 8.15. The lowest BCUT2D eigenvalue weighted by molar-refractivity contribution is -0.00603. The van der Waals surface area contributed by atoms with Crippen molar-refractivity contribution < 1.29 is 4.74 Å². The van der Waals surface area contributed by atoms with Gasteiger partial charge in [0.15, 0.2) is 0 Å². The van der Waals surface area contributed by atoms with Crippen LogP contribution in [-0.4, -0.2) is 25.3 Å². The van der Waals surface area contributed by atoms with Crippen LogP contribution in [0.15, 0.2) is 30.3 Å². The molecule has 0 aromatic heterocycles. The molecule has 3 rings (SSSR count). The first-order chi connectivity index (χ1) is 6.93. The molecule has 74 valence electrons. The number of rotatable bonds is 3. The third-order valence-electron chi connectivity index (χ3n) is 3.11. The topological polar surface area (TPSA) is 21.3 Å². The largest absolute Gasteiger partial charge is 0.378 e. The van der Waals surface area contributed by atoms with Crippen molar-refractivity contribution in [3.63, 3.8) is 0 Å². The maximum Gasteiger partial charge on any atom is 0.0643 e. The van der Waals surface area contributed by atoms with Gasteiger partial charge in [0.05, 0.1) is 19.3 Å². The van der Waals surface area contributed by atoms with E-state index in [9.17, 15) is 0 Å². The van der Waals surface area contributed by atoms with Crippen molar-refractivity contribution in [2.24, 2.45) is 0 Å². The van der Waals surface area contributed by atoms with Crippen LogP contribution in [0.4, 0.5) is 0 Å². The average molecular weight is 189 g/mol. The monoisotopic (exact) mass is 189 g/mol. The smallest absolute Gasteiger partial charge is 0.0643 e. The van der Waals surface area contributed by atoms with E-state index in [0.717, 1.165) is 19.1 Å². The predicted molar refractivity (Wildman–Crippen MR) is 55.3 cm³/mol. The Balaban J connectivity index is 1.57. The van der Waals surface area contributed by atoms with Crippen molar-refractivity contribution in [2.45, 2.75) is 24.4 Å². The van der Waals surface area contributed by atoms with Crippen LogP contribution < -0.4 is 5.32 Å². The van der Waals surface area contributed by atoms with E-state index in [-0.39, 0.29) is 0 Å². The van der Waals surface area contributed by atoms with Gasteiger partial charge in [-0.15, -0.1) is 0 Å². The van der Waals surface area contributed by atoms with Gasteiger partial charge in [0.25, 0.3) is 0 Å². The van der Waals surface area contributed by atoms with E-state index in [1.165, 1.54) is 12.0 Å². The maximum absolute atomic E-state index is 5.14. The lowest BCUT2D eigenvalue weighted by Gasteiger charge is -2.27. The highest BCUT2D eigenvalue weighted by atomic mass is 16.5. The van der Waals surface area contributed by atoms with E-state index >= 15 is 0 Å². The van der Waals surface area contributed by atoms with Crippen LogP contribution in [0, 0.1) is 0 Å². The molecule has 2 nitrogen and oxygen atoms in total. The Morgan fingerprint density at radius 2 is 1.93 bits per heavy atom. The van der Waals surface area contributed by atoms with Crippen molar-refractivity contribution in [3.8, 4) is 0 Å². The van der Waals surface area contributed by atoms with Gasteiger partial charge in [-0.2, -0.15) is 0 Å². The molecule has 0 amide bonds. The van der Waals surface area contributed by atoms with E-state index in [1.807, 2.05) is 0 Å². The van der Waals surface area contributed by atoms with Crippen molar-refractivity contribution in [3.05, 3.63) is 35.9 Å². The Morgan fingerprint density at radius 1 is 1.14 bits per heavy atom. The second kappa shape index (κ2) is 3.37. The Labute approximate surface area is 84.3 Å². The minimum atomic E-state index is 0.619. The summed E-state index contributed by atoms with van der Waals surface area (Å²) in [4.78, 5) is 0. The lowest BCUT2D eigenvalue weighted by atomic mass is 10.1. The van der Waals surface area contributed by atoms with Gasteiger partial charge < -0.3 is 10.1 Å². The summed E-state index contributed by atoms with van der Waals surface area (Å²) in [6, 6.07) is 12.1. The minimum absolute atomic E-state index is 0.619. The molecule has 1 saturated heterocycles. The number of hydrogen-bond donors (Lipinski definition) is 1. The van der Waals surface area contributed by atoms with Gasteiger partial charge in [-0.25, -0.2) is 0 Å². The highest BCUT2D eigenvalue weighted by Crippen LogP contribution is 2.41. The van der Waals surface area contributed by atoms with Crippen LogP contribution >= 0.6 is 0 Å². The molecular formula is C12H15NO. The first-order valence-electron chi connectivity index (χ1n) is 5.32. The van der Waals surface area contributed by atoms with Gasteiger partial charge in [0.2, 0.25) is 0 Å². The van der Waals surface area contributed by atoms with Crippen LogP contribution in [0.1, 0.15) is 17.9 Å². The highest BCUT2D eigenvalue weighted by Gasteiger charge is 2.40. The van der Waals surface area contributed by atoms with Gasteiger partial charge in [0, 0.05) is 12.0 Å². The quantitative estimate of drug-likeness (QED) is 0.778. The highest BCUT2D eigenvalue weighted by molar-refractivity contribution is 5.27. The Kier molecular flexibility index (Phi) is 2.03. The standard InChI is InChI=1S/C12H15NO/c1-2-4-9(5-3-1)11-6-12(11)13-10-7-14-8-10/h1-5,10-13H,6-8H2. The fraction of sp³-hybridized carbons (Fsp3) is 0.500. The number of hydrogen-bond acceptors (Lipinski definition) is 2. The summed E-state index contributed by atoms with van der Waals surface area (Å²) >= 11 is 0. The van der Waals surface area contributed by atoms with E-state index < -0.39 is 0 Å². The Bertz CT molecular complexity index is 307. The fourth-order valence-corrected chi connectivity index (χ4v) is 2.08. The molecule has 2 aliphatic rings. The lowest BCUT2D eigenvalue weighted by Crippen LogP contribution is -2.47. The van der Waals surface area contributed by atoms with Gasteiger partial charge in [-0.05, 0) is 12.0 Å². The molecule has 2 atom stereocenters. The maximum atomic E-state index is 5.14. The van der Waals surface area contributed by atoms with Crippen molar-refractivity contribution in [1.29, 1.82) is 0 Å². The molecule has 1 aliphatic heterocycles. The molecule has 14 heavy (non-hydrogen) atoms. The summed E-state index contributed by atoms with van der Waals surface area (Å²) in [5, 5.41) is 3.61. The molecule has 1 aromatic carbocycles. The van der Waals surface area contributed by atoms with Crippen LogP contribution in [0.5, 0.6) is 0 Å². The molecule has 0 bridgehead atoms. The molecule has 0 spiro atoms. The Hall–Kier alpha value is -0.860. The predicted octanol–water partition coefficient (Wildman–Crippen LogP) is 1.53. The molecule has 2 heteroatoms. The molecule has 1 heterocycles. The van der Waals surface area contributed by atoms with E-state index in [0.29, 0.717) is 12.1 Å². The first-order valence-corrected chi connectivity index (χ1v) is 5.32. The van der Waals surface area contributed by atoms with Gasteiger partial charge >= 0.3 is 0 Å². The summed E-state index contributed by atoms with van der Waals surface area (Å²) in [7, 11) is 0. The SMILES string of the molecule is c1ccc(C2CC2NC2COC2)cc1. The third kappa shape index (κ3) is 1.56. The van der Waals surface area contributed by atoms with Crippen LogP contribution in [0.2, 0.25) is 0 Å². The van der Waals surface area contributed by atoms with Gasteiger partial charge in [0.1, 0.15) is 0 Å². The fourth-order valence-electron chi connectivity index (χ4n) is 2.08. The van der Waals surface area contributed by atoms with Crippen LogP contribution in [-0.2, 0) is 4.74 Å². The minimum Gasteiger partial charge on any atom is -0.378 e. The molecule has 1 aromatic rings. The third-order valence-corrected chi connectivity index (χ3v) is 3.11. The Morgan fingerprint density at radius 3 is 2.57 bits per heavy atom. The van der Waals surface area contributed by atoms with Crippen LogP contribution in [0.3, 0.4) is 0 Å². The molecular weight excluding hydrogens is 174 g/mol. The van der Waals surface area contributed by atoms with Crippen molar-refractivity contribution in [1.82, 2.24) is 5.32 Å². The van der Waals surface area contributed by atoms with Crippen molar-refractivity contribution >= 4 is 0 Å². The number of ether oxygens (including phenoxy) is 1. The normalized spacial score (nSPS) is 31.1. The van der Waals surface area contributed by atoms with E-state index in [2.05, 4.69) is 35.6 Å². The number of benzene rings is 1. The molecule has 1 saturated carbocycles. The van der Waals surface area contributed by atoms with Crippen molar-refractivity contribution in [2.75, 3.05) is 13.2 Å². The summed E-state index contributed by atoms with van der Waals surface area (Å²) in [5.74, 6) is 0.747. The number of nitrogens with one attached hydrogen (secondary N) is 1. The molecule has 1 N–H and O–H groups in total. The zero-order chi connectivity index (χ0) is 9.38. The zero-order valence-electron chi connectivity index (χ0n) is 8.15. The van der Waals surface area contributed by atoms with Gasteiger partial charge in [-0.3, -0.25) is 0 Å².